The van der Waals surface area contributed by atoms with E-state index in [0.717, 1.165) is 64.7 Å². The van der Waals surface area contributed by atoms with E-state index in [-0.39, 0.29) is 37.1 Å². The highest BCUT2D eigenvalue weighted by Crippen LogP contribution is 2.52. The highest BCUT2D eigenvalue weighted by molar-refractivity contribution is 5.98. The normalized spacial score (nSPS) is 22.3. The van der Waals surface area contributed by atoms with Crippen LogP contribution in [0.25, 0.3) is 0 Å². The van der Waals surface area contributed by atoms with Crippen LogP contribution in [0.15, 0.2) is 30.3 Å². The van der Waals surface area contributed by atoms with Gasteiger partial charge in [-0.15, -0.1) is 6.42 Å². The number of likely N-dealkylation sites (tertiary alicyclic amines) is 2. The van der Waals surface area contributed by atoms with Crippen LogP contribution in [-0.4, -0.2) is 136 Å². The Balaban J connectivity index is 0.00000178. The predicted molar refractivity (Wildman–Crippen MR) is 232 cm³/mol. The van der Waals surface area contributed by atoms with Crippen molar-refractivity contribution < 1.29 is 32.5 Å². The molecular formula is C46H76F2N6O5. The molecule has 1 spiro atoms. The number of carbonyl (C=O) groups excluding carboxylic acids is 1. The molecular weight excluding hydrogens is 755 g/mol. The van der Waals surface area contributed by atoms with Gasteiger partial charge >= 0.3 is 0 Å². The first-order valence-electron chi connectivity index (χ1n) is 22.2. The van der Waals surface area contributed by atoms with Crippen LogP contribution in [0, 0.1) is 40.4 Å². The monoisotopic (exact) mass is 831 g/mol. The quantitative estimate of drug-likeness (QED) is 0.0361. The second-order valence-corrected chi connectivity index (χ2v) is 16.8. The fourth-order valence-corrected chi connectivity index (χ4v) is 9.84. The smallest absolute Gasteiger partial charge is 0.248 e. The Morgan fingerprint density at radius 2 is 1.51 bits per heavy atom. The first kappa shape index (κ1) is 50.4. The summed E-state index contributed by atoms with van der Waals surface area (Å²) < 4.78 is 50.1. The average Bonchev–Trinajstić information content (AvgIpc) is 3.53. The highest BCUT2D eigenvalue weighted by atomic mass is 19.3. The van der Waals surface area contributed by atoms with Crippen molar-refractivity contribution in [2.24, 2.45) is 23.0 Å². The van der Waals surface area contributed by atoms with Gasteiger partial charge in [-0.2, -0.15) is 0 Å². The van der Waals surface area contributed by atoms with E-state index in [1.54, 1.807) is 0 Å². The maximum absolute atomic E-state index is 14.1. The molecule has 2 saturated heterocycles. The lowest BCUT2D eigenvalue weighted by molar-refractivity contribution is -0.106. The lowest BCUT2D eigenvalue weighted by Gasteiger charge is -2.60. The van der Waals surface area contributed by atoms with Crippen molar-refractivity contribution >= 4 is 18.1 Å². The number of carbonyl (C=O) groups is 1. The summed E-state index contributed by atoms with van der Waals surface area (Å²) in [5.41, 5.74) is 5.75. The van der Waals surface area contributed by atoms with Crippen LogP contribution in [0.5, 0.6) is 0 Å². The van der Waals surface area contributed by atoms with Crippen molar-refractivity contribution in [3.8, 4) is 12.3 Å². The van der Waals surface area contributed by atoms with Gasteiger partial charge in [-0.3, -0.25) is 25.4 Å². The summed E-state index contributed by atoms with van der Waals surface area (Å²) in [6.07, 6.45) is 12.8. The number of terminal acetylenes is 1. The zero-order valence-electron chi connectivity index (χ0n) is 36.8. The summed E-state index contributed by atoms with van der Waals surface area (Å²) in [4.78, 5) is 15.7. The standard InChI is InChI=1S/C43H67F2N5O4.C2H6.CH3NO/c1-5-20-51-22-24-53-26-27-54-25-23-52-21-19-48-31-42(32-48)29-38(30-42)41(47)50(35(4)46)34(3)28-39-12-11-33(2)49(39)18-15-40(36-9-7-6-8-10-36)37-13-16-43(44,45)17-14-37;1-2;2-1-3/h1,6-10,33-34,37-40,46-47H,11-32H2,2-4H3;1-2H3;1H,(H2,2,3). The lowest BCUT2D eigenvalue weighted by Crippen LogP contribution is -2.65. The molecule has 5 rings (SSSR count). The average molecular weight is 831 g/mol. The van der Waals surface area contributed by atoms with Gasteiger partial charge in [-0.05, 0) is 101 Å². The molecule has 0 aromatic heterocycles. The molecule has 11 nitrogen and oxygen atoms in total. The van der Waals surface area contributed by atoms with Crippen molar-refractivity contribution in [1.29, 1.82) is 10.8 Å². The molecule has 59 heavy (non-hydrogen) atoms. The number of halogens is 2. The number of alkyl halides is 2. The first-order valence-corrected chi connectivity index (χ1v) is 22.2. The number of primary amides is 1. The highest BCUT2D eigenvalue weighted by Gasteiger charge is 2.54. The SMILES string of the molecule is C#CCOCCOCCOCCOCCN1CC2(CC(C(=N)N(C(C)=N)C(C)CC3CCC(C)N3CCC(c3ccccc3)C3CCC(F)(F)CC3)C2)C1.CC.NC=O. The number of amidine groups is 2. The number of amides is 1. The molecule has 4 aliphatic rings. The maximum atomic E-state index is 14.1. The molecule has 1 aromatic rings. The number of nitrogens with one attached hydrogen (secondary N) is 2. The van der Waals surface area contributed by atoms with E-state index in [4.69, 9.17) is 35.6 Å². The zero-order valence-corrected chi connectivity index (χ0v) is 36.8. The van der Waals surface area contributed by atoms with Crippen molar-refractivity contribution in [3.63, 3.8) is 0 Å². The van der Waals surface area contributed by atoms with Crippen LogP contribution >= 0.6 is 0 Å². The molecule has 4 unspecified atom stereocenters. The Labute approximate surface area is 354 Å². The second-order valence-electron chi connectivity index (χ2n) is 16.8. The van der Waals surface area contributed by atoms with Crippen molar-refractivity contribution in [1.82, 2.24) is 14.7 Å². The van der Waals surface area contributed by atoms with E-state index in [9.17, 15) is 14.2 Å². The van der Waals surface area contributed by atoms with Gasteiger partial charge in [-0.25, -0.2) is 8.78 Å². The maximum Gasteiger partial charge on any atom is 0.248 e. The molecule has 2 aliphatic heterocycles. The number of benzene rings is 1. The molecule has 1 aromatic carbocycles. The number of rotatable bonds is 22. The summed E-state index contributed by atoms with van der Waals surface area (Å²) in [5.74, 6) is 1.76. The summed E-state index contributed by atoms with van der Waals surface area (Å²) in [7, 11) is 0. The minimum absolute atomic E-state index is 0.00263. The van der Waals surface area contributed by atoms with E-state index in [0.29, 0.717) is 101 Å². The number of nitrogens with zero attached hydrogens (tertiary/aromatic N) is 3. The van der Waals surface area contributed by atoms with Gasteiger partial charge in [-0.1, -0.05) is 50.1 Å². The topological polar surface area (TPSA) is 137 Å². The van der Waals surface area contributed by atoms with Crippen LogP contribution in [-0.2, 0) is 23.7 Å². The zero-order chi connectivity index (χ0) is 43.3. The molecule has 0 bridgehead atoms. The minimum atomic E-state index is -2.52. The van der Waals surface area contributed by atoms with Gasteiger partial charge in [0.15, 0.2) is 0 Å². The van der Waals surface area contributed by atoms with Gasteiger partial charge in [0, 0.05) is 56.5 Å². The molecule has 4 fully saturated rings. The Hall–Kier alpha value is -2.99. The third-order valence-corrected chi connectivity index (χ3v) is 12.6. The van der Waals surface area contributed by atoms with Crippen LogP contribution in [0.2, 0.25) is 0 Å². The van der Waals surface area contributed by atoms with Crippen LogP contribution in [0.3, 0.4) is 0 Å². The fourth-order valence-electron chi connectivity index (χ4n) is 9.84. The molecule has 0 radical (unpaired) electrons. The van der Waals surface area contributed by atoms with E-state index < -0.39 is 5.92 Å². The van der Waals surface area contributed by atoms with Crippen LogP contribution < -0.4 is 5.73 Å². The molecule has 2 saturated carbocycles. The molecule has 4 atom stereocenters. The van der Waals surface area contributed by atoms with Gasteiger partial charge < -0.3 is 29.6 Å². The van der Waals surface area contributed by atoms with Crippen LogP contribution in [0.4, 0.5) is 8.78 Å². The molecule has 4 N–H and O–H groups in total. The van der Waals surface area contributed by atoms with E-state index in [2.05, 4.69) is 59.6 Å². The van der Waals surface area contributed by atoms with Crippen molar-refractivity contribution in [2.45, 2.75) is 129 Å². The largest absolute Gasteiger partial charge is 0.378 e. The minimum Gasteiger partial charge on any atom is -0.378 e. The Morgan fingerprint density at radius 1 is 0.949 bits per heavy atom. The van der Waals surface area contributed by atoms with Crippen molar-refractivity contribution in [3.05, 3.63) is 35.9 Å². The van der Waals surface area contributed by atoms with Crippen LogP contribution in [0.1, 0.15) is 110 Å². The summed E-state index contributed by atoms with van der Waals surface area (Å²) >= 11 is 0. The fraction of sp³-hybridized carbons (Fsp3) is 0.761. The number of nitrogens with two attached hydrogens (primary N) is 1. The summed E-state index contributed by atoms with van der Waals surface area (Å²) in [6, 6.07) is 11.5. The molecule has 2 heterocycles. The number of ether oxygens (including phenoxy) is 4. The van der Waals surface area contributed by atoms with E-state index in [1.165, 1.54) is 5.56 Å². The predicted octanol–water partition coefficient (Wildman–Crippen LogP) is 7.43. The summed E-state index contributed by atoms with van der Waals surface area (Å²) in [5, 5.41) is 17.9. The lowest BCUT2D eigenvalue weighted by atomic mass is 9.57. The Bertz CT molecular complexity index is 1390. The molecule has 2 aliphatic carbocycles. The first-order chi connectivity index (χ1) is 28.4. The molecule has 334 valence electrons. The van der Waals surface area contributed by atoms with E-state index in [1.807, 2.05) is 31.7 Å². The van der Waals surface area contributed by atoms with Gasteiger partial charge in [0.05, 0.1) is 52.1 Å². The third-order valence-electron chi connectivity index (χ3n) is 12.6. The van der Waals surface area contributed by atoms with Crippen molar-refractivity contribution in [2.75, 3.05) is 79.0 Å². The molecule has 1 amide bonds. The Morgan fingerprint density at radius 3 is 2.07 bits per heavy atom. The van der Waals surface area contributed by atoms with E-state index >= 15 is 0 Å². The second kappa shape index (κ2) is 26.4. The van der Waals surface area contributed by atoms with Gasteiger partial charge in [0.25, 0.3) is 0 Å². The third kappa shape index (κ3) is 16.1. The molecule has 13 heteroatoms. The van der Waals surface area contributed by atoms with Gasteiger partial charge in [0.1, 0.15) is 12.4 Å². The summed E-state index contributed by atoms with van der Waals surface area (Å²) in [6.45, 7) is 18.5. The number of hydrogen-bond acceptors (Lipinski definition) is 9. The van der Waals surface area contributed by atoms with Gasteiger partial charge in [0.2, 0.25) is 12.3 Å². The number of hydrogen-bond donors (Lipinski definition) is 3. The Kier molecular flexibility index (Phi) is 22.5.